The third-order valence-electron chi connectivity index (χ3n) is 4.12. The van der Waals surface area contributed by atoms with Gasteiger partial charge in [0, 0.05) is 5.56 Å². The Morgan fingerprint density at radius 1 is 0.909 bits per heavy atom. The summed E-state index contributed by atoms with van der Waals surface area (Å²) in [6.07, 6.45) is 18.5. The summed E-state index contributed by atoms with van der Waals surface area (Å²) in [4.78, 5) is 0. The van der Waals surface area contributed by atoms with Crippen molar-refractivity contribution in [2.45, 2.75) is 11.8 Å². The van der Waals surface area contributed by atoms with Crippen molar-refractivity contribution < 1.29 is 0 Å². The van der Waals surface area contributed by atoms with Crippen LogP contribution in [0, 0.1) is 24.7 Å². The SMILES string of the molecule is C#Cc1ccc(C2=CCC(C#C)(c3ccccc3)C=C2)cc1. The quantitative estimate of drug-likeness (QED) is 0.706. The highest BCUT2D eigenvalue weighted by molar-refractivity contribution is 5.76. The Labute approximate surface area is 132 Å². The van der Waals surface area contributed by atoms with Gasteiger partial charge in [-0.2, -0.15) is 0 Å². The van der Waals surface area contributed by atoms with Gasteiger partial charge in [-0.25, -0.2) is 0 Å². The van der Waals surface area contributed by atoms with Crippen molar-refractivity contribution in [2.75, 3.05) is 0 Å². The highest BCUT2D eigenvalue weighted by Crippen LogP contribution is 2.35. The summed E-state index contributed by atoms with van der Waals surface area (Å²) in [7, 11) is 0. The number of benzene rings is 2. The van der Waals surface area contributed by atoms with E-state index in [1.54, 1.807) is 0 Å². The first-order valence-electron chi connectivity index (χ1n) is 7.27. The maximum atomic E-state index is 5.84. The van der Waals surface area contributed by atoms with Gasteiger partial charge in [0.2, 0.25) is 0 Å². The molecule has 22 heavy (non-hydrogen) atoms. The third kappa shape index (κ3) is 2.48. The van der Waals surface area contributed by atoms with Crippen molar-refractivity contribution in [2.24, 2.45) is 0 Å². The predicted octanol–water partition coefficient (Wildman–Crippen LogP) is 4.58. The second-order valence-electron chi connectivity index (χ2n) is 5.40. The van der Waals surface area contributed by atoms with Crippen molar-refractivity contribution in [3.05, 3.63) is 89.5 Å². The maximum absolute atomic E-state index is 5.84. The molecule has 2 aromatic rings. The number of terminal acetylenes is 2. The first-order chi connectivity index (χ1) is 10.8. The van der Waals surface area contributed by atoms with Crippen LogP contribution in [-0.2, 0) is 5.41 Å². The van der Waals surface area contributed by atoms with Gasteiger partial charge in [0.05, 0.1) is 5.41 Å². The lowest BCUT2D eigenvalue weighted by Gasteiger charge is -2.27. The van der Waals surface area contributed by atoms with Crippen LogP contribution < -0.4 is 0 Å². The highest BCUT2D eigenvalue weighted by Gasteiger charge is 2.28. The van der Waals surface area contributed by atoms with Crippen LogP contribution in [0.2, 0.25) is 0 Å². The summed E-state index contributed by atoms with van der Waals surface area (Å²) in [6.45, 7) is 0. The van der Waals surface area contributed by atoms with Crippen LogP contribution in [-0.4, -0.2) is 0 Å². The average molecular weight is 280 g/mol. The fraction of sp³-hybridized carbons (Fsp3) is 0.0909. The maximum Gasteiger partial charge on any atom is 0.0778 e. The minimum atomic E-state index is -0.344. The van der Waals surface area contributed by atoms with Crippen molar-refractivity contribution in [1.82, 2.24) is 0 Å². The summed E-state index contributed by atoms with van der Waals surface area (Å²) < 4.78 is 0. The van der Waals surface area contributed by atoms with Gasteiger partial charge in [-0.1, -0.05) is 72.5 Å². The van der Waals surface area contributed by atoms with Crippen LogP contribution in [0.1, 0.15) is 23.1 Å². The molecule has 0 aliphatic heterocycles. The molecule has 0 fully saturated rings. The number of allylic oxidation sites excluding steroid dienone is 4. The molecule has 0 nitrogen and oxygen atoms in total. The second kappa shape index (κ2) is 5.80. The predicted molar refractivity (Wildman–Crippen MR) is 93.1 cm³/mol. The molecule has 1 atom stereocenters. The van der Waals surface area contributed by atoms with Gasteiger partial charge < -0.3 is 0 Å². The molecule has 0 saturated carbocycles. The molecule has 0 N–H and O–H groups in total. The zero-order valence-electron chi connectivity index (χ0n) is 12.3. The molecular weight excluding hydrogens is 264 g/mol. The largest absolute Gasteiger partial charge is 0.119 e. The van der Waals surface area contributed by atoms with Gasteiger partial charge in [0.15, 0.2) is 0 Å². The zero-order chi connectivity index (χ0) is 15.4. The summed E-state index contributed by atoms with van der Waals surface area (Å²) in [5, 5.41) is 0. The molecule has 3 rings (SSSR count). The molecule has 0 spiro atoms. The number of hydrogen-bond acceptors (Lipinski definition) is 0. The molecule has 0 radical (unpaired) electrons. The lowest BCUT2D eigenvalue weighted by molar-refractivity contribution is 0.704. The molecule has 1 unspecified atom stereocenters. The molecule has 1 aliphatic carbocycles. The second-order valence-corrected chi connectivity index (χ2v) is 5.40. The van der Waals surface area contributed by atoms with E-state index in [-0.39, 0.29) is 5.41 Å². The summed E-state index contributed by atoms with van der Waals surface area (Å²) in [5.74, 6) is 5.60. The summed E-state index contributed by atoms with van der Waals surface area (Å²) in [6, 6.07) is 18.3. The molecule has 0 heteroatoms. The molecule has 0 saturated heterocycles. The van der Waals surface area contributed by atoms with E-state index in [0.29, 0.717) is 0 Å². The van der Waals surface area contributed by atoms with Gasteiger partial charge in [0.25, 0.3) is 0 Å². The molecular formula is C22H16. The first kappa shape index (κ1) is 14.0. The van der Waals surface area contributed by atoms with E-state index >= 15 is 0 Å². The molecule has 104 valence electrons. The fourth-order valence-corrected chi connectivity index (χ4v) is 2.75. The van der Waals surface area contributed by atoms with E-state index in [1.807, 2.05) is 30.3 Å². The van der Waals surface area contributed by atoms with E-state index in [4.69, 9.17) is 12.8 Å². The van der Waals surface area contributed by atoms with E-state index in [1.165, 1.54) is 5.57 Å². The van der Waals surface area contributed by atoms with Crippen molar-refractivity contribution in [1.29, 1.82) is 0 Å². The first-order valence-corrected chi connectivity index (χ1v) is 7.27. The van der Waals surface area contributed by atoms with E-state index in [0.717, 1.165) is 23.1 Å². The van der Waals surface area contributed by atoms with Gasteiger partial charge in [-0.15, -0.1) is 12.8 Å². The molecule has 0 heterocycles. The van der Waals surface area contributed by atoms with Crippen LogP contribution in [0.4, 0.5) is 0 Å². The lowest BCUT2D eigenvalue weighted by Crippen LogP contribution is -2.22. The summed E-state index contributed by atoms with van der Waals surface area (Å²) in [5.41, 5.74) is 4.06. The van der Waals surface area contributed by atoms with Crippen LogP contribution in [0.25, 0.3) is 5.57 Å². The van der Waals surface area contributed by atoms with Crippen LogP contribution in [0.5, 0.6) is 0 Å². The standard InChI is InChI=1S/C22H16/c1-3-18-10-12-19(13-11-18)20-14-16-22(4-2,17-15-20)21-8-6-5-7-9-21/h1-2,5-16H,17H2. The van der Waals surface area contributed by atoms with Crippen molar-refractivity contribution in [3.63, 3.8) is 0 Å². The smallest absolute Gasteiger partial charge is 0.0778 e. The Bertz CT molecular complexity index is 805. The van der Waals surface area contributed by atoms with Gasteiger partial charge in [0.1, 0.15) is 0 Å². The normalized spacial score (nSPS) is 19.8. The molecule has 0 amide bonds. The highest BCUT2D eigenvalue weighted by atomic mass is 14.3. The Kier molecular flexibility index (Phi) is 3.69. The van der Waals surface area contributed by atoms with Gasteiger partial charge in [-0.3, -0.25) is 0 Å². The van der Waals surface area contributed by atoms with Crippen LogP contribution in [0.3, 0.4) is 0 Å². The Morgan fingerprint density at radius 2 is 1.64 bits per heavy atom. The van der Waals surface area contributed by atoms with E-state index < -0.39 is 0 Å². The minimum absolute atomic E-state index is 0.344. The van der Waals surface area contributed by atoms with Crippen LogP contribution in [0.15, 0.2) is 72.8 Å². The molecule has 1 aliphatic rings. The zero-order valence-corrected chi connectivity index (χ0v) is 12.3. The molecule has 0 bridgehead atoms. The Balaban J connectivity index is 1.90. The van der Waals surface area contributed by atoms with Crippen LogP contribution >= 0.6 is 0 Å². The lowest BCUT2D eigenvalue weighted by atomic mass is 9.74. The summed E-state index contributed by atoms with van der Waals surface area (Å²) >= 11 is 0. The fourth-order valence-electron chi connectivity index (χ4n) is 2.75. The number of rotatable bonds is 2. The van der Waals surface area contributed by atoms with E-state index in [9.17, 15) is 0 Å². The monoisotopic (exact) mass is 280 g/mol. The van der Waals surface area contributed by atoms with Gasteiger partial charge in [-0.05, 0) is 35.3 Å². The topological polar surface area (TPSA) is 0 Å². The third-order valence-corrected chi connectivity index (χ3v) is 4.12. The van der Waals surface area contributed by atoms with Gasteiger partial charge >= 0.3 is 0 Å². The number of hydrogen-bond donors (Lipinski definition) is 0. The minimum Gasteiger partial charge on any atom is -0.119 e. The van der Waals surface area contributed by atoms with E-state index in [2.05, 4.69) is 54.3 Å². The Hall–Kier alpha value is -2.96. The Morgan fingerprint density at radius 3 is 2.18 bits per heavy atom. The average Bonchev–Trinajstić information content (AvgIpc) is 2.63. The molecule has 0 aromatic heterocycles. The van der Waals surface area contributed by atoms with Crippen molar-refractivity contribution in [3.8, 4) is 24.7 Å². The van der Waals surface area contributed by atoms with Crippen molar-refractivity contribution >= 4 is 5.57 Å². The molecule has 2 aromatic carbocycles.